The van der Waals surface area contributed by atoms with Gasteiger partial charge in [0.15, 0.2) is 0 Å². The Morgan fingerprint density at radius 2 is 1.67 bits per heavy atom. The number of amides is 3. The number of hydrogen-bond donors (Lipinski definition) is 3. The molecule has 154 valence electrons. The second-order valence-corrected chi connectivity index (χ2v) is 8.44. The lowest BCUT2D eigenvalue weighted by molar-refractivity contribution is -0.139. The molecule has 0 aromatic heterocycles. The molecule has 0 bridgehead atoms. The van der Waals surface area contributed by atoms with Gasteiger partial charge in [-0.25, -0.2) is 5.48 Å². The van der Waals surface area contributed by atoms with Crippen molar-refractivity contribution < 1.29 is 19.6 Å². The van der Waals surface area contributed by atoms with Gasteiger partial charge in [0.2, 0.25) is 17.7 Å². The van der Waals surface area contributed by atoms with Crippen LogP contribution in [0.15, 0.2) is 0 Å². The molecule has 1 aliphatic carbocycles. The van der Waals surface area contributed by atoms with Gasteiger partial charge in [-0.1, -0.05) is 46.0 Å². The van der Waals surface area contributed by atoms with Crippen LogP contribution in [0, 0.1) is 17.8 Å². The van der Waals surface area contributed by atoms with E-state index in [1.807, 2.05) is 18.7 Å². The third-order valence-electron chi connectivity index (χ3n) is 5.92. The Kier molecular flexibility index (Phi) is 8.54. The van der Waals surface area contributed by atoms with Crippen LogP contribution in [-0.2, 0) is 14.4 Å². The molecule has 7 nitrogen and oxygen atoms in total. The summed E-state index contributed by atoms with van der Waals surface area (Å²) in [6.45, 7) is 5.34. The monoisotopic (exact) mass is 381 g/mol. The quantitative estimate of drug-likeness (QED) is 0.443. The van der Waals surface area contributed by atoms with Gasteiger partial charge in [-0.05, 0) is 31.1 Å². The number of nitrogens with one attached hydrogen (secondary N) is 2. The summed E-state index contributed by atoms with van der Waals surface area (Å²) in [7, 11) is 0. The van der Waals surface area contributed by atoms with Crippen LogP contribution in [0.5, 0.6) is 0 Å². The fourth-order valence-electron chi connectivity index (χ4n) is 4.30. The van der Waals surface area contributed by atoms with Crippen molar-refractivity contribution in [3.05, 3.63) is 0 Å². The zero-order valence-corrected chi connectivity index (χ0v) is 16.7. The first-order chi connectivity index (χ1) is 12.9. The highest BCUT2D eigenvalue weighted by Gasteiger charge is 2.33. The van der Waals surface area contributed by atoms with Gasteiger partial charge in [-0.3, -0.25) is 19.6 Å². The minimum absolute atomic E-state index is 0.0240. The Morgan fingerprint density at radius 3 is 2.22 bits per heavy atom. The molecule has 27 heavy (non-hydrogen) atoms. The molecule has 2 rings (SSSR count). The highest BCUT2D eigenvalue weighted by Crippen LogP contribution is 2.30. The van der Waals surface area contributed by atoms with Crippen LogP contribution in [0.3, 0.4) is 0 Å². The van der Waals surface area contributed by atoms with Crippen molar-refractivity contribution in [3.8, 4) is 0 Å². The molecule has 0 aromatic carbocycles. The molecule has 0 spiro atoms. The lowest BCUT2D eigenvalue weighted by Crippen LogP contribution is -2.52. The summed E-state index contributed by atoms with van der Waals surface area (Å²) in [5.74, 6) is -0.961. The van der Waals surface area contributed by atoms with Gasteiger partial charge in [-0.2, -0.15) is 0 Å². The van der Waals surface area contributed by atoms with Gasteiger partial charge >= 0.3 is 0 Å². The second kappa shape index (κ2) is 10.6. The van der Waals surface area contributed by atoms with Crippen LogP contribution in [0.1, 0.15) is 71.6 Å². The molecule has 1 unspecified atom stereocenters. The summed E-state index contributed by atoms with van der Waals surface area (Å²) in [6, 6.07) is -0.568. The molecular formula is C20H35N3O4. The Balaban J connectivity index is 2.03. The van der Waals surface area contributed by atoms with Crippen LogP contribution >= 0.6 is 0 Å². The number of carbonyl (C=O) groups is 3. The van der Waals surface area contributed by atoms with Crippen molar-refractivity contribution in [2.45, 2.75) is 77.7 Å². The Morgan fingerprint density at radius 1 is 1.04 bits per heavy atom. The average Bonchev–Trinajstić information content (AvgIpc) is 3.20. The van der Waals surface area contributed by atoms with Crippen molar-refractivity contribution in [1.82, 2.24) is 15.7 Å². The number of likely N-dealkylation sites (tertiary alicyclic amines) is 1. The van der Waals surface area contributed by atoms with E-state index in [0.29, 0.717) is 12.3 Å². The topological polar surface area (TPSA) is 98.7 Å². The highest BCUT2D eigenvalue weighted by molar-refractivity contribution is 5.90. The van der Waals surface area contributed by atoms with Gasteiger partial charge in [0.05, 0.1) is 0 Å². The number of carbonyl (C=O) groups excluding carboxylic acids is 3. The molecule has 2 atom stereocenters. The second-order valence-electron chi connectivity index (χ2n) is 8.44. The van der Waals surface area contributed by atoms with Crippen LogP contribution in [-0.4, -0.2) is 47.0 Å². The molecular weight excluding hydrogens is 346 g/mol. The maximum atomic E-state index is 13.0. The van der Waals surface area contributed by atoms with Gasteiger partial charge in [0, 0.05) is 25.4 Å². The summed E-state index contributed by atoms with van der Waals surface area (Å²) in [4.78, 5) is 39.3. The third-order valence-corrected chi connectivity index (χ3v) is 5.92. The molecule has 1 saturated carbocycles. The van der Waals surface area contributed by atoms with E-state index >= 15 is 0 Å². The summed E-state index contributed by atoms with van der Waals surface area (Å²) >= 11 is 0. The number of hydroxylamine groups is 1. The Labute approximate surface area is 162 Å². The smallest absolute Gasteiger partial charge is 0.245 e. The summed E-state index contributed by atoms with van der Waals surface area (Å²) in [6.07, 6.45) is 8.28. The highest BCUT2D eigenvalue weighted by atomic mass is 16.5. The van der Waals surface area contributed by atoms with E-state index in [0.717, 1.165) is 51.6 Å². The van der Waals surface area contributed by atoms with E-state index < -0.39 is 17.9 Å². The van der Waals surface area contributed by atoms with Crippen molar-refractivity contribution in [2.24, 2.45) is 17.8 Å². The van der Waals surface area contributed by atoms with Crippen LogP contribution in [0.2, 0.25) is 0 Å². The molecule has 3 amide bonds. The van der Waals surface area contributed by atoms with E-state index in [2.05, 4.69) is 5.32 Å². The lowest BCUT2D eigenvalue weighted by Gasteiger charge is -2.30. The van der Waals surface area contributed by atoms with Gasteiger partial charge in [0.25, 0.3) is 0 Å². The minimum Gasteiger partial charge on any atom is -0.344 e. The summed E-state index contributed by atoms with van der Waals surface area (Å²) in [5.41, 5.74) is 1.64. The van der Waals surface area contributed by atoms with Crippen LogP contribution in [0.4, 0.5) is 0 Å². The maximum Gasteiger partial charge on any atom is 0.245 e. The zero-order chi connectivity index (χ0) is 19.8. The lowest BCUT2D eigenvalue weighted by atomic mass is 9.81. The predicted molar refractivity (Wildman–Crippen MR) is 102 cm³/mol. The van der Waals surface area contributed by atoms with E-state index in [1.165, 1.54) is 6.42 Å². The van der Waals surface area contributed by atoms with Crippen molar-refractivity contribution in [3.63, 3.8) is 0 Å². The molecule has 0 radical (unpaired) electrons. The third kappa shape index (κ3) is 6.48. The molecule has 1 aliphatic heterocycles. The van der Waals surface area contributed by atoms with Crippen molar-refractivity contribution in [2.75, 3.05) is 13.1 Å². The predicted octanol–water partition coefficient (Wildman–Crippen LogP) is 2.23. The van der Waals surface area contributed by atoms with Gasteiger partial charge < -0.3 is 10.2 Å². The number of hydrogen-bond acceptors (Lipinski definition) is 4. The molecule has 3 N–H and O–H groups in total. The van der Waals surface area contributed by atoms with Crippen molar-refractivity contribution in [1.29, 1.82) is 0 Å². The van der Waals surface area contributed by atoms with E-state index in [9.17, 15) is 14.4 Å². The Hall–Kier alpha value is -1.63. The first kappa shape index (κ1) is 21.7. The van der Waals surface area contributed by atoms with E-state index in [-0.39, 0.29) is 24.2 Å². The van der Waals surface area contributed by atoms with Gasteiger partial charge in [0.1, 0.15) is 6.04 Å². The minimum atomic E-state index is -0.568. The summed E-state index contributed by atoms with van der Waals surface area (Å²) in [5, 5.41) is 11.8. The standard InChI is InChI=1S/C20H35N3O4/c1-14(2)18(20(26)23-10-6-7-11-23)21-19(25)16(13-17(24)22-27)12-15-8-4-3-5-9-15/h14-16,18,27H,3-13H2,1-2H3,(H,21,25)(H,22,24)/t16?,18-/m1/s1. The van der Waals surface area contributed by atoms with Crippen LogP contribution < -0.4 is 10.8 Å². The normalized spacial score (nSPS) is 20.4. The van der Waals surface area contributed by atoms with Crippen molar-refractivity contribution >= 4 is 17.7 Å². The molecule has 0 aromatic rings. The molecule has 1 saturated heterocycles. The fourth-order valence-corrected chi connectivity index (χ4v) is 4.30. The summed E-state index contributed by atoms with van der Waals surface area (Å²) < 4.78 is 0. The molecule has 7 heteroatoms. The average molecular weight is 382 g/mol. The molecule has 2 aliphatic rings. The van der Waals surface area contributed by atoms with Crippen LogP contribution in [0.25, 0.3) is 0 Å². The van der Waals surface area contributed by atoms with Gasteiger partial charge in [-0.15, -0.1) is 0 Å². The SMILES string of the molecule is CC(C)[C@@H](NC(=O)C(CC(=O)NO)CC1CCCCC1)C(=O)N1CCCC1. The fraction of sp³-hybridized carbons (Fsp3) is 0.850. The maximum absolute atomic E-state index is 13.0. The largest absolute Gasteiger partial charge is 0.344 e. The number of nitrogens with zero attached hydrogens (tertiary/aromatic N) is 1. The molecule has 2 fully saturated rings. The Bertz CT molecular complexity index is 511. The first-order valence-corrected chi connectivity index (χ1v) is 10.4. The van der Waals surface area contributed by atoms with E-state index in [4.69, 9.17) is 5.21 Å². The van der Waals surface area contributed by atoms with E-state index in [1.54, 1.807) is 5.48 Å². The zero-order valence-electron chi connectivity index (χ0n) is 16.7. The molecule has 1 heterocycles. The first-order valence-electron chi connectivity index (χ1n) is 10.4. The number of rotatable bonds is 8.